The summed E-state index contributed by atoms with van der Waals surface area (Å²) >= 11 is 4.78. The Hall–Kier alpha value is -3.08. The van der Waals surface area contributed by atoms with Crippen LogP contribution in [0.3, 0.4) is 0 Å². The van der Waals surface area contributed by atoms with Crippen molar-refractivity contribution in [1.29, 1.82) is 0 Å². The number of H-pyrrole nitrogens is 1. The van der Waals surface area contributed by atoms with Crippen LogP contribution in [0.2, 0.25) is 0 Å². The molecule has 7 nitrogen and oxygen atoms in total. The molecular weight excluding hydrogens is 596 g/mol. The molecule has 1 unspecified atom stereocenters. The van der Waals surface area contributed by atoms with Crippen molar-refractivity contribution in [1.82, 2.24) is 15.2 Å². The second-order valence-electron chi connectivity index (χ2n) is 8.73. The number of allylic oxidation sites excluding steroid dienone is 1. The minimum absolute atomic E-state index is 0.125. The van der Waals surface area contributed by atoms with E-state index in [1.165, 1.54) is 23.4 Å². The Kier molecular flexibility index (Phi) is 10.2. The van der Waals surface area contributed by atoms with Gasteiger partial charge in [-0.15, -0.1) is 0 Å². The van der Waals surface area contributed by atoms with Crippen LogP contribution >= 0.6 is 27.7 Å². The molecule has 0 saturated heterocycles. The maximum atomic E-state index is 13.2. The van der Waals surface area contributed by atoms with Crippen molar-refractivity contribution < 1.29 is 13.2 Å². The van der Waals surface area contributed by atoms with Crippen molar-refractivity contribution in [2.24, 2.45) is 0 Å². The van der Waals surface area contributed by atoms with Crippen LogP contribution in [0.1, 0.15) is 44.6 Å². The van der Waals surface area contributed by atoms with Gasteiger partial charge in [0.2, 0.25) is 0 Å². The van der Waals surface area contributed by atoms with Crippen molar-refractivity contribution in [2.75, 3.05) is 11.3 Å². The lowest BCUT2D eigenvalue weighted by Crippen LogP contribution is -2.14. The minimum Gasteiger partial charge on any atom is -0.494 e. The van der Waals surface area contributed by atoms with Crippen LogP contribution in [-0.4, -0.2) is 30.2 Å². The third kappa shape index (κ3) is 7.74. The predicted molar refractivity (Wildman–Crippen MR) is 162 cm³/mol. The van der Waals surface area contributed by atoms with Crippen LogP contribution < -0.4 is 9.46 Å². The number of halogens is 1. The van der Waals surface area contributed by atoms with Gasteiger partial charge in [0.1, 0.15) is 10.8 Å². The second-order valence-corrected chi connectivity index (χ2v) is 12.2. The van der Waals surface area contributed by atoms with E-state index in [9.17, 15) is 8.42 Å². The predicted octanol–water partition coefficient (Wildman–Crippen LogP) is 8.01. The summed E-state index contributed by atoms with van der Waals surface area (Å²) in [6.45, 7) is 4.62. The molecule has 4 aromatic rings. The molecule has 4 rings (SSSR count). The van der Waals surface area contributed by atoms with Gasteiger partial charge in [-0.1, -0.05) is 77.1 Å². The Morgan fingerprint density at radius 1 is 1.10 bits per heavy atom. The van der Waals surface area contributed by atoms with E-state index in [1.54, 1.807) is 36.5 Å². The number of thioether (sulfide) groups is 1. The Bertz CT molecular complexity index is 1510. The van der Waals surface area contributed by atoms with Gasteiger partial charge < -0.3 is 4.74 Å². The van der Waals surface area contributed by atoms with Crippen LogP contribution in [0.15, 0.2) is 98.8 Å². The van der Waals surface area contributed by atoms with E-state index >= 15 is 0 Å². The number of pyridine rings is 1. The molecule has 0 fully saturated rings. The third-order valence-corrected chi connectivity index (χ3v) is 8.79. The first-order valence-corrected chi connectivity index (χ1v) is 15.9. The lowest BCUT2D eigenvalue weighted by Gasteiger charge is -2.13. The summed E-state index contributed by atoms with van der Waals surface area (Å²) in [5.41, 5.74) is 2.47. The van der Waals surface area contributed by atoms with E-state index in [1.807, 2.05) is 18.4 Å². The highest BCUT2D eigenvalue weighted by Crippen LogP contribution is 2.37. The minimum atomic E-state index is -3.89. The van der Waals surface area contributed by atoms with Gasteiger partial charge in [0.15, 0.2) is 5.82 Å². The first kappa shape index (κ1) is 28.9. The molecule has 0 spiro atoms. The number of sulfonamides is 1. The normalized spacial score (nSPS) is 12.5. The van der Waals surface area contributed by atoms with Crippen molar-refractivity contribution in [2.45, 2.75) is 48.9 Å². The Morgan fingerprint density at radius 3 is 2.67 bits per heavy atom. The summed E-state index contributed by atoms with van der Waals surface area (Å²) in [6.07, 6.45) is 6.82. The topological polar surface area (TPSA) is 97.0 Å². The molecule has 0 aliphatic heterocycles. The fraction of sp³-hybridized carbons (Fsp3) is 0.241. The summed E-state index contributed by atoms with van der Waals surface area (Å²) in [4.78, 5) is 4.62. The average molecular weight is 628 g/mol. The molecule has 0 aliphatic rings. The van der Waals surface area contributed by atoms with Crippen molar-refractivity contribution in [3.8, 4) is 17.0 Å². The molecule has 2 aromatic heterocycles. The molecule has 39 heavy (non-hydrogen) atoms. The Balaban J connectivity index is 1.56. The molecular formula is C29H31BrN4O3S2. The average Bonchev–Trinajstić information content (AvgIpc) is 3.33. The Labute approximate surface area is 242 Å². The Morgan fingerprint density at radius 2 is 1.92 bits per heavy atom. The van der Waals surface area contributed by atoms with Crippen LogP contribution in [0.4, 0.5) is 5.82 Å². The number of aromatic amines is 1. The van der Waals surface area contributed by atoms with E-state index < -0.39 is 10.0 Å². The summed E-state index contributed by atoms with van der Waals surface area (Å²) in [5.74, 6) is 1.32. The molecule has 1 atom stereocenters. The third-order valence-electron chi connectivity index (χ3n) is 6.10. The maximum absolute atomic E-state index is 13.2. The van der Waals surface area contributed by atoms with Crippen molar-refractivity contribution >= 4 is 43.5 Å². The lowest BCUT2D eigenvalue weighted by atomic mass is 9.92. The van der Waals surface area contributed by atoms with Gasteiger partial charge in [-0.05, 0) is 67.3 Å². The number of hydrogen-bond acceptors (Lipinski definition) is 6. The zero-order chi connectivity index (χ0) is 27.7. The lowest BCUT2D eigenvalue weighted by molar-refractivity contribution is 0.340. The molecule has 10 heteroatoms. The van der Waals surface area contributed by atoms with E-state index in [4.69, 9.17) is 4.74 Å². The van der Waals surface area contributed by atoms with Gasteiger partial charge >= 0.3 is 0 Å². The highest BCUT2D eigenvalue weighted by molar-refractivity contribution is 9.10. The second kappa shape index (κ2) is 13.8. The summed E-state index contributed by atoms with van der Waals surface area (Å²) in [5, 5.41) is 9.99. The summed E-state index contributed by atoms with van der Waals surface area (Å²) in [7, 11) is -3.89. The molecule has 2 N–H and O–H groups in total. The molecule has 0 aliphatic carbocycles. The number of hydrogen-bond donors (Lipinski definition) is 2. The number of nitrogens with one attached hydrogen (secondary N) is 2. The fourth-order valence-electron chi connectivity index (χ4n) is 4.16. The first-order chi connectivity index (χ1) is 18.9. The maximum Gasteiger partial charge on any atom is 0.263 e. The molecule has 0 radical (unpaired) electrons. The highest BCUT2D eigenvalue weighted by atomic mass is 79.9. The van der Waals surface area contributed by atoms with E-state index in [0.29, 0.717) is 39.0 Å². The van der Waals surface area contributed by atoms with Crippen molar-refractivity contribution in [3.05, 3.63) is 94.4 Å². The number of rotatable bonds is 13. The van der Waals surface area contributed by atoms with Gasteiger partial charge in [-0.2, -0.15) is 5.10 Å². The highest BCUT2D eigenvalue weighted by Gasteiger charge is 2.23. The SMILES string of the molecule is CCOc1ccnc(-c2c(NS(=O)(=O)c3cccc(Br)c3)n[nH]c2SC=CCCC(CC)c2ccccc2)c1. The van der Waals surface area contributed by atoms with Crippen LogP contribution in [0.5, 0.6) is 5.75 Å². The van der Waals surface area contributed by atoms with Crippen LogP contribution in [-0.2, 0) is 10.0 Å². The first-order valence-electron chi connectivity index (χ1n) is 12.7. The van der Waals surface area contributed by atoms with Gasteiger partial charge in [-0.25, -0.2) is 8.42 Å². The molecule has 0 saturated carbocycles. The molecule has 0 amide bonds. The zero-order valence-corrected chi connectivity index (χ0v) is 25.0. The number of aromatic nitrogens is 3. The van der Waals surface area contributed by atoms with E-state index in [0.717, 1.165) is 19.3 Å². The van der Waals surface area contributed by atoms with E-state index in [-0.39, 0.29) is 10.7 Å². The number of ether oxygens (including phenoxy) is 1. The molecule has 2 aromatic carbocycles. The van der Waals surface area contributed by atoms with Crippen LogP contribution in [0.25, 0.3) is 11.3 Å². The monoisotopic (exact) mass is 626 g/mol. The summed E-state index contributed by atoms with van der Waals surface area (Å²) < 4.78 is 35.3. The zero-order valence-electron chi connectivity index (χ0n) is 21.8. The van der Waals surface area contributed by atoms with Gasteiger partial charge in [-0.3, -0.25) is 14.8 Å². The smallest absolute Gasteiger partial charge is 0.263 e. The quantitative estimate of drug-likeness (QED) is 0.146. The van der Waals surface area contributed by atoms with Gasteiger partial charge in [0, 0.05) is 16.7 Å². The molecule has 0 bridgehead atoms. The number of anilines is 1. The number of nitrogens with zero attached hydrogens (tertiary/aromatic N) is 2. The van der Waals surface area contributed by atoms with Crippen molar-refractivity contribution in [3.63, 3.8) is 0 Å². The largest absolute Gasteiger partial charge is 0.494 e. The van der Waals surface area contributed by atoms with Gasteiger partial charge in [0.25, 0.3) is 10.0 Å². The van der Waals surface area contributed by atoms with Gasteiger partial charge in [0.05, 0.1) is 22.8 Å². The van der Waals surface area contributed by atoms with Crippen LogP contribution in [0, 0.1) is 0 Å². The standard InChI is InChI=1S/C29H31BrN4O3S2/c1-3-21(22-12-6-5-7-13-22)11-8-9-18-38-29-27(26-20-24(37-4-2)16-17-31-26)28(32-33-29)34-39(35,36)25-15-10-14-23(30)19-25/h5-7,9-10,12-21H,3-4,8,11H2,1-2H3,(H2,32,33,34). The van der Waals surface area contributed by atoms with E-state index in [2.05, 4.69) is 73.1 Å². The molecule has 204 valence electrons. The fourth-order valence-corrected chi connectivity index (χ4v) is 6.56. The summed E-state index contributed by atoms with van der Waals surface area (Å²) in [6, 6.07) is 20.6. The number of benzene rings is 2. The molecule has 2 heterocycles.